The minimum absolute atomic E-state index is 0.0702. The van der Waals surface area contributed by atoms with Crippen molar-refractivity contribution in [1.29, 1.82) is 0 Å². The molecule has 0 saturated heterocycles. The topological polar surface area (TPSA) is 29.4 Å². The minimum Gasteiger partial charge on any atom is -0.293 e. The molecule has 2 nitrogen and oxygen atoms in total. The molecule has 2 heteroatoms. The summed E-state index contributed by atoms with van der Waals surface area (Å²) >= 11 is 0. The first-order chi connectivity index (χ1) is 6.75. The molecule has 0 atom stereocenters. The molecule has 0 aliphatic carbocycles. The molecule has 1 aromatic carbocycles. The highest BCUT2D eigenvalue weighted by molar-refractivity contribution is 6.14. The first kappa shape index (κ1) is 8.88. The zero-order chi connectivity index (χ0) is 9.97. The summed E-state index contributed by atoms with van der Waals surface area (Å²) in [6.07, 6.45) is 3.36. The highest BCUT2D eigenvalue weighted by atomic mass is 16.1. The minimum atomic E-state index is 0.0702. The van der Waals surface area contributed by atoms with Crippen LogP contribution in [0.3, 0.4) is 0 Å². The quantitative estimate of drug-likeness (QED) is 0.657. The Morgan fingerprint density at radius 3 is 2.43 bits per heavy atom. The molecule has 0 unspecified atom stereocenters. The van der Waals surface area contributed by atoms with E-state index in [9.17, 15) is 4.79 Å². The normalized spacial score (nSPS) is 15.5. The van der Waals surface area contributed by atoms with Crippen LogP contribution in [-0.4, -0.2) is 18.0 Å². The maximum absolute atomic E-state index is 10.9. The van der Waals surface area contributed by atoms with Gasteiger partial charge < -0.3 is 0 Å². The highest BCUT2D eigenvalue weighted by Gasteiger charge is 2.06. The van der Waals surface area contributed by atoms with Gasteiger partial charge in [0.15, 0.2) is 5.78 Å². The first-order valence-electron chi connectivity index (χ1n) is 4.58. The third-order valence-electron chi connectivity index (χ3n) is 2.18. The number of benzene rings is 1. The summed E-state index contributed by atoms with van der Waals surface area (Å²) < 4.78 is 0. The summed E-state index contributed by atoms with van der Waals surface area (Å²) in [5, 5.41) is 0. The van der Waals surface area contributed by atoms with Gasteiger partial charge in [-0.1, -0.05) is 29.8 Å². The molecule has 14 heavy (non-hydrogen) atoms. The van der Waals surface area contributed by atoms with E-state index >= 15 is 0 Å². The summed E-state index contributed by atoms with van der Waals surface area (Å²) in [4.78, 5) is 15.1. The van der Waals surface area contributed by atoms with E-state index in [1.165, 1.54) is 5.56 Å². The third kappa shape index (κ3) is 1.79. The van der Waals surface area contributed by atoms with Gasteiger partial charge >= 0.3 is 0 Å². The number of aryl methyl sites for hydroxylation is 1. The fourth-order valence-electron chi connectivity index (χ4n) is 1.35. The highest BCUT2D eigenvalue weighted by Crippen LogP contribution is 2.08. The van der Waals surface area contributed by atoms with Crippen molar-refractivity contribution >= 4 is 11.5 Å². The molecule has 0 amide bonds. The molecular weight excluding hydrogens is 174 g/mol. The molecule has 0 N–H and O–H groups in total. The second-order valence-electron chi connectivity index (χ2n) is 3.37. The maximum Gasteiger partial charge on any atom is 0.177 e. The zero-order valence-corrected chi connectivity index (χ0v) is 8.03. The average Bonchev–Trinajstić information content (AvgIpc) is 2.21. The molecular formula is C12H11NO. The lowest BCUT2D eigenvalue weighted by molar-refractivity contribution is -0.113. The van der Waals surface area contributed by atoms with Crippen molar-refractivity contribution in [2.45, 2.75) is 6.92 Å². The number of ketones is 1. The summed E-state index contributed by atoms with van der Waals surface area (Å²) in [6, 6.07) is 8.13. The van der Waals surface area contributed by atoms with Crippen molar-refractivity contribution in [3.8, 4) is 0 Å². The van der Waals surface area contributed by atoms with Crippen molar-refractivity contribution in [2.24, 2.45) is 4.99 Å². The van der Waals surface area contributed by atoms with Crippen molar-refractivity contribution in [1.82, 2.24) is 0 Å². The van der Waals surface area contributed by atoms with Gasteiger partial charge in [-0.3, -0.25) is 9.79 Å². The van der Waals surface area contributed by atoms with Crippen molar-refractivity contribution in [2.75, 3.05) is 6.54 Å². The van der Waals surface area contributed by atoms with E-state index in [1.807, 2.05) is 31.2 Å². The number of carbonyl (C=O) groups is 1. The van der Waals surface area contributed by atoms with E-state index in [1.54, 1.807) is 12.2 Å². The van der Waals surface area contributed by atoms with Gasteiger partial charge in [-0.15, -0.1) is 0 Å². The average molecular weight is 185 g/mol. The Hall–Kier alpha value is -1.70. The predicted octanol–water partition coefficient (Wildman–Crippen LogP) is 1.92. The van der Waals surface area contributed by atoms with Crippen molar-refractivity contribution in [3.63, 3.8) is 0 Å². The van der Waals surface area contributed by atoms with E-state index in [4.69, 9.17) is 0 Å². The monoisotopic (exact) mass is 185 g/mol. The van der Waals surface area contributed by atoms with E-state index in [0.29, 0.717) is 0 Å². The number of hydrogen-bond acceptors (Lipinski definition) is 2. The molecule has 0 radical (unpaired) electrons. The van der Waals surface area contributed by atoms with Gasteiger partial charge in [-0.25, -0.2) is 0 Å². The largest absolute Gasteiger partial charge is 0.293 e. The van der Waals surface area contributed by atoms with Crippen LogP contribution in [0.15, 0.2) is 41.4 Å². The second-order valence-corrected chi connectivity index (χ2v) is 3.37. The third-order valence-corrected chi connectivity index (χ3v) is 2.18. The van der Waals surface area contributed by atoms with Crippen LogP contribution in [0, 0.1) is 6.92 Å². The molecule has 2 rings (SSSR count). The second kappa shape index (κ2) is 3.58. The van der Waals surface area contributed by atoms with Crippen LogP contribution < -0.4 is 0 Å². The van der Waals surface area contributed by atoms with Crippen LogP contribution in [0.2, 0.25) is 0 Å². The summed E-state index contributed by atoms with van der Waals surface area (Å²) in [6.45, 7) is 2.32. The molecule has 1 heterocycles. The van der Waals surface area contributed by atoms with Gasteiger partial charge in [0.25, 0.3) is 0 Å². The Labute approximate surface area is 83.0 Å². The van der Waals surface area contributed by atoms with Gasteiger partial charge in [-0.05, 0) is 24.6 Å². The number of dihydropyridines is 1. The van der Waals surface area contributed by atoms with Gasteiger partial charge in [-0.2, -0.15) is 0 Å². The van der Waals surface area contributed by atoms with Crippen LogP contribution in [0.4, 0.5) is 0 Å². The lowest BCUT2D eigenvalue weighted by Crippen LogP contribution is -2.09. The zero-order valence-electron chi connectivity index (χ0n) is 8.03. The van der Waals surface area contributed by atoms with Crippen LogP contribution in [0.1, 0.15) is 11.1 Å². The molecule has 0 fully saturated rings. The first-order valence-corrected chi connectivity index (χ1v) is 4.58. The van der Waals surface area contributed by atoms with Crippen molar-refractivity contribution < 1.29 is 4.79 Å². The van der Waals surface area contributed by atoms with Crippen LogP contribution in [-0.2, 0) is 4.79 Å². The van der Waals surface area contributed by atoms with E-state index in [-0.39, 0.29) is 12.3 Å². The van der Waals surface area contributed by atoms with E-state index in [2.05, 4.69) is 4.99 Å². The van der Waals surface area contributed by atoms with Crippen LogP contribution in [0.5, 0.6) is 0 Å². The van der Waals surface area contributed by atoms with Crippen LogP contribution in [0.25, 0.3) is 0 Å². The molecule has 1 aliphatic heterocycles. The number of hydrogen-bond donors (Lipinski definition) is 0. The SMILES string of the molecule is Cc1ccc(C2=NCC(=O)C=C2)cc1. The lowest BCUT2D eigenvalue weighted by atomic mass is 10.1. The molecule has 1 aromatic rings. The molecule has 70 valence electrons. The number of aliphatic imine (C=N–C) groups is 1. The summed E-state index contributed by atoms with van der Waals surface area (Å²) in [5.41, 5.74) is 3.19. The van der Waals surface area contributed by atoms with Gasteiger partial charge in [0.05, 0.1) is 5.71 Å². The summed E-state index contributed by atoms with van der Waals surface area (Å²) in [5.74, 6) is 0.0702. The number of allylic oxidation sites excluding steroid dienone is 1. The fourth-order valence-corrected chi connectivity index (χ4v) is 1.35. The number of rotatable bonds is 1. The molecule has 1 aliphatic rings. The Bertz CT molecular complexity index is 412. The molecule has 0 saturated carbocycles. The molecule has 0 bridgehead atoms. The molecule has 0 spiro atoms. The van der Waals surface area contributed by atoms with Gasteiger partial charge in [0.1, 0.15) is 6.54 Å². The Kier molecular flexibility index (Phi) is 2.27. The predicted molar refractivity (Wildman–Crippen MR) is 56.7 cm³/mol. The fraction of sp³-hybridized carbons (Fsp3) is 0.167. The Morgan fingerprint density at radius 1 is 1.14 bits per heavy atom. The van der Waals surface area contributed by atoms with Crippen LogP contribution >= 0.6 is 0 Å². The Morgan fingerprint density at radius 2 is 1.86 bits per heavy atom. The number of carbonyl (C=O) groups excluding carboxylic acids is 1. The molecule has 0 aromatic heterocycles. The van der Waals surface area contributed by atoms with E-state index in [0.717, 1.165) is 11.3 Å². The lowest BCUT2D eigenvalue weighted by Gasteiger charge is -2.05. The van der Waals surface area contributed by atoms with Gasteiger partial charge in [0, 0.05) is 0 Å². The number of nitrogens with zero attached hydrogens (tertiary/aromatic N) is 1. The van der Waals surface area contributed by atoms with E-state index < -0.39 is 0 Å². The van der Waals surface area contributed by atoms with Crippen molar-refractivity contribution in [3.05, 3.63) is 47.5 Å². The Balaban J connectivity index is 2.29. The smallest absolute Gasteiger partial charge is 0.177 e. The maximum atomic E-state index is 10.9. The standard InChI is InChI=1S/C12H11NO/c1-9-2-4-10(5-3-9)12-7-6-11(14)8-13-12/h2-7H,8H2,1H3. The summed E-state index contributed by atoms with van der Waals surface area (Å²) in [7, 11) is 0. The van der Waals surface area contributed by atoms with Gasteiger partial charge in [0.2, 0.25) is 0 Å².